The molecule has 3 unspecified atom stereocenters. The number of nitrogens with one attached hydrogen (secondary N) is 1. The maximum absolute atomic E-state index is 12.9. The number of anilines is 1. The van der Waals surface area contributed by atoms with Crippen LogP contribution in [0, 0.1) is 29.1 Å². The molecule has 1 aromatic heterocycles. The molecule has 5 nitrogen and oxygen atoms in total. The molecule has 5 rings (SSSR count). The van der Waals surface area contributed by atoms with Crippen LogP contribution in [0.25, 0.3) is 11.0 Å². The van der Waals surface area contributed by atoms with E-state index in [0.29, 0.717) is 23.5 Å². The Labute approximate surface area is 147 Å². The molecule has 3 fully saturated rings. The van der Waals surface area contributed by atoms with Gasteiger partial charge in [-0.3, -0.25) is 10.1 Å². The molecule has 0 radical (unpaired) electrons. The Balaban J connectivity index is 1.49. The van der Waals surface area contributed by atoms with Gasteiger partial charge < -0.3 is 4.57 Å². The second kappa shape index (κ2) is 5.59. The first-order valence-electron chi connectivity index (χ1n) is 9.46. The van der Waals surface area contributed by atoms with E-state index in [2.05, 4.69) is 20.9 Å². The maximum Gasteiger partial charge on any atom is 0.230 e. The highest BCUT2D eigenvalue weighted by Gasteiger charge is 2.43. The van der Waals surface area contributed by atoms with E-state index in [4.69, 9.17) is 0 Å². The van der Waals surface area contributed by atoms with Crippen molar-refractivity contribution in [3.63, 3.8) is 0 Å². The van der Waals surface area contributed by atoms with E-state index in [-0.39, 0.29) is 11.8 Å². The van der Waals surface area contributed by atoms with Gasteiger partial charge in [0.2, 0.25) is 11.9 Å². The number of rotatable bonds is 3. The first kappa shape index (κ1) is 14.9. The number of aromatic nitrogens is 2. The predicted octanol–water partition coefficient (Wildman–Crippen LogP) is 4.01. The average Bonchev–Trinajstić information content (AvgIpc) is 3.28. The third-order valence-corrected chi connectivity index (χ3v) is 6.57. The monoisotopic (exact) mass is 334 g/mol. The largest absolute Gasteiger partial charge is 0.307 e. The number of nitrogens with zero attached hydrogens (tertiary/aromatic N) is 3. The van der Waals surface area contributed by atoms with Gasteiger partial charge in [0.1, 0.15) is 0 Å². The molecular weight excluding hydrogens is 312 g/mol. The van der Waals surface area contributed by atoms with Crippen molar-refractivity contribution in [2.45, 2.75) is 51.0 Å². The van der Waals surface area contributed by atoms with Crippen LogP contribution in [0.2, 0.25) is 0 Å². The van der Waals surface area contributed by atoms with Gasteiger partial charge in [-0.05, 0) is 68.6 Å². The molecule has 3 aliphatic rings. The maximum atomic E-state index is 12.9. The fourth-order valence-corrected chi connectivity index (χ4v) is 5.03. The van der Waals surface area contributed by atoms with Gasteiger partial charge in [0, 0.05) is 12.0 Å². The number of imidazole rings is 1. The molecule has 5 heteroatoms. The smallest absolute Gasteiger partial charge is 0.230 e. The number of nitriles is 1. The van der Waals surface area contributed by atoms with E-state index >= 15 is 0 Å². The van der Waals surface area contributed by atoms with Crippen LogP contribution in [0.15, 0.2) is 18.2 Å². The van der Waals surface area contributed by atoms with Crippen molar-refractivity contribution in [2.24, 2.45) is 17.8 Å². The molecule has 1 amide bonds. The van der Waals surface area contributed by atoms with Gasteiger partial charge in [0.15, 0.2) is 0 Å². The van der Waals surface area contributed by atoms with E-state index in [1.54, 1.807) is 6.07 Å². The van der Waals surface area contributed by atoms with Crippen molar-refractivity contribution in [3.05, 3.63) is 23.8 Å². The van der Waals surface area contributed by atoms with Gasteiger partial charge in [-0.1, -0.05) is 6.42 Å². The summed E-state index contributed by atoms with van der Waals surface area (Å²) in [6.45, 7) is 0. The summed E-state index contributed by atoms with van der Waals surface area (Å²) in [6, 6.07) is 8.16. The van der Waals surface area contributed by atoms with Gasteiger partial charge in [-0.15, -0.1) is 0 Å². The van der Waals surface area contributed by atoms with Gasteiger partial charge in [-0.2, -0.15) is 5.26 Å². The molecule has 3 saturated carbocycles. The van der Waals surface area contributed by atoms with Crippen LogP contribution in [0.1, 0.15) is 56.6 Å². The lowest BCUT2D eigenvalue weighted by Crippen LogP contribution is -2.29. The first-order valence-corrected chi connectivity index (χ1v) is 9.46. The van der Waals surface area contributed by atoms with Gasteiger partial charge in [0.05, 0.1) is 22.7 Å². The summed E-state index contributed by atoms with van der Waals surface area (Å²) in [5, 5.41) is 12.3. The number of fused-ring (bicyclic) bond motifs is 3. The summed E-state index contributed by atoms with van der Waals surface area (Å²) < 4.78 is 2.16. The molecule has 2 bridgehead atoms. The Morgan fingerprint density at radius 2 is 2.12 bits per heavy atom. The SMILES string of the molecule is N#Cc1ccc2nc(NC(=O)C3CC4CCC3C4)n(C3CCC3)c2c1. The minimum Gasteiger partial charge on any atom is -0.307 e. The lowest BCUT2D eigenvalue weighted by molar-refractivity contribution is -0.121. The summed E-state index contributed by atoms with van der Waals surface area (Å²) in [5.74, 6) is 2.29. The minimum absolute atomic E-state index is 0.142. The summed E-state index contributed by atoms with van der Waals surface area (Å²) in [5.41, 5.74) is 2.46. The average molecular weight is 334 g/mol. The second-order valence-electron chi connectivity index (χ2n) is 7.98. The van der Waals surface area contributed by atoms with Crippen LogP contribution in [0.3, 0.4) is 0 Å². The zero-order valence-corrected chi connectivity index (χ0v) is 14.2. The fraction of sp³-hybridized carbons (Fsp3) is 0.550. The Morgan fingerprint density at radius 1 is 1.24 bits per heavy atom. The van der Waals surface area contributed by atoms with E-state index < -0.39 is 0 Å². The quantitative estimate of drug-likeness (QED) is 0.922. The van der Waals surface area contributed by atoms with Crippen LogP contribution in [0.4, 0.5) is 5.95 Å². The number of hydrogen-bond donors (Lipinski definition) is 1. The summed E-state index contributed by atoms with van der Waals surface area (Å²) >= 11 is 0. The van der Waals surface area contributed by atoms with Crippen LogP contribution in [-0.4, -0.2) is 15.5 Å². The molecule has 0 spiro atoms. The molecule has 3 atom stereocenters. The number of hydrogen-bond acceptors (Lipinski definition) is 3. The van der Waals surface area contributed by atoms with E-state index in [9.17, 15) is 10.1 Å². The highest BCUT2D eigenvalue weighted by Crippen LogP contribution is 2.48. The molecule has 0 saturated heterocycles. The van der Waals surface area contributed by atoms with Crippen molar-refractivity contribution < 1.29 is 4.79 Å². The fourth-order valence-electron chi connectivity index (χ4n) is 5.03. The van der Waals surface area contributed by atoms with E-state index in [1.165, 1.54) is 25.7 Å². The van der Waals surface area contributed by atoms with Crippen LogP contribution in [0.5, 0.6) is 0 Å². The van der Waals surface area contributed by atoms with Crippen LogP contribution < -0.4 is 5.32 Å². The van der Waals surface area contributed by atoms with E-state index in [1.807, 2.05) is 12.1 Å². The van der Waals surface area contributed by atoms with Crippen molar-refractivity contribution in [1.82, 2.24) is 9.55 Å². The Hall–Kier alpha value is -2.35. The Bertz CT molecular complexity index is 889. The van der Waals surface area contributed by atoms with Crippen LogP contribution >= 0.6 is 0 Å². The summed E-state index contributed by atoms with van der Waals surface area (Å²) in [7, 11) is 0. The predicted molar refractivity (Wildman–Crippen MR) is 94.9 cm³/mol. The zero-order chi connectivity index (χ0) is 17.0. The third-order valence-electron chi connectivity index (χ3n) is 6.57. The minimum atomic E-state index is 0.142. The van der Waals surface area contributed by atoms with E-state index in [0.717, 1.165) is 36.2 Å². The summed E-state index contributed by atoms with van der Waals surface area (Å²) in [6.07, 6.45) is 8.20. The topological polar surface area (TPSA) is 70.7 Å². The molecule has 1 aromatic carbocycles. The van der Waals surface area contributed by atoms with Gasteiger partial charge >= 0.3 is 0 Å². The lowest BCUT2D eigenvalue weighted by atomic mass is 9.88. The number of carbonyl (C=O) groups is 1. The number of benzene rings is 1. The standard InChI is InChI=1S/C20H22N4O/c21-11-13-5-7-17-18(10-13)24(15-2-1-3-15)20(22-17)23-19(25)16-9-12-4-6-14(16)8-12/h5,7,10,12,14-16H,1-4,6,8-9H2,(H,22,23,25). The zero-order valence-electron chi connectivity index (χ0n) is 14.2. The van der Waals surface area contributed by atoms with Crippen molar-refractivity contribution in [1.29, 1.82) is 5.26 Å². The number of amides is 1. The second-order valence-corrected chi connectivity index (χ2v) is 7.98. The molecule has 0 aliphatic heterocycles. The molecule has 1 N–H and O–H groups in total. The highest BCUT2D eigenvalue weighted by atomic mass is 16.2. The number of carbonyl (C=O) groups excluding carboxylic acids is 1. The normalized spacial score (nSPS) is 28.0. The third kappa shape index (κ3) is 2.35. The molecule has 3 aliphatic carbocycles. The van der Waals surface area contributed by atoms with Crippen molar-refractivity contribution in [2.75, 3.05) is 5.32 Å². The Morgan fingerprint density at radius 3 is 2.76 bits per heavy atom. The van der Waals surface area contributed by atoms with Gasteiger partial charge in [-0.25, -0.2) is 4.98 Å². The van der Waals surface area contributed by atoms with Crippen molar-refractivity contribution in [3.8, 4) is 6.07 Å². The molecule has 1 heterocycles. The highest BCUT2D eigenvalue weighted by molar-refractivity contribution is 5.93. The van der Waals surface area contributed by atoms with Gasteiger partial charge in [0.25, 0.3) is 0 Å². The molecule has 128 valence electrons. The lowest BCUT2D eigenvalue weighted by Gasteiger charge is -2.29. The first-order chi connectivity index (χ1) is 12.2. The van der Waals surface area contributed by atoms with Crippen molar-refractivity contribution >= 4 is 22.9 Å². The molecule has 2 aromatic rings. The molecule has 25 heavy (non-hydrogen) atoms. The van der Waals surface area contributed by atoms with Crippen LogP contribution in [-0.2, 0) is 4.79 Å². The molecular formula is C20H22N4O. The summed E-state index contributed by atoms with van der Waals surface area (Å²) in [4.78, 5) is 17.6. The Kier molecular flexibility index (Phi) is 3.34.